The minimum absolute atomic E-state index is 0.196. The van der Waals surface area contributed by atoms with Crippen molar-refractivity contribution in [3.8, 4) is 0 Å². The molecule has 0 atom stereocenters. The number of carbonyl (C=O) groups is 3. The second-order valence-electron chi connectivity index (χ2n) is 4.74. The third-order valence-electron chi connectivity index (χ3n) is 3.38. The molecule has 0 bridgehead atoms. The van der Waals surface area contributed by atoms with Crippen molar-refractivity contribution in [3.63, 3.8) is 0 Å². The molecule has 2 rings (SSSR count). The number of carbonyl (C=O) groups excluding carboxylic acids is 3. The first-order valence-corrected chi connectivity index (χ1v) is 7.96. The Hall–Kier alpha value is -2.08. The first-order valence-electron chi connectivity index (χ1n) is 7.15. The van der Waals surface area contributed by atoms with Gasteiger partial charge >= 0.3 is 0 Å². The van der Waals surface area contributed by atoms with Gasteiger partial charge in [0.05, 0.1) is 4.91 Å². The molecule has 1 aromatic carbocycles. The van der Waals surface area contributed by atoms with Crippen molar-refractivity contribution in [1.29, 1.82) is 0 Å². The lowest BCUT2D eigenvalue weighted by Gasteiger charge is -2.21. The second kappa shape index (κ2) is 7.26. The van der Waals surface area contributed by atoms with Gasteiger partial charge in [0.25, 0.3) is 11.1 Å². The molecule has 1 saturated heterocycles. The summed E-state index contributed by atoms with van der Waals surface area (Å²) in [7, 11) is 0. The number of hydrogen-bond acceptors (Lipinski definition) is 4. The maximum atomic E-state index is 12.3. The maximum Gasteiger partial charge on any atom is 0.294 e. The van der Waals surface area contributed by atoms with Crippen LogP contribution in [0.5, 0.6) is 0 Å². The number of likely N-dealkylation sites (N-methyl/N-ethyl adjacent to an activating group) is 1. The van der Waals surface area contributed by atoms with Crippen LogP contribution in [0.15, 0.2) is 35.2 Å². The third kappa shape index (κ3) is 3.57. The highest BCUT2D eigenvalue weighted by Crippen LogP contribution is 2.32. The van der Waals surface area contributed by atoms with Gasteiger partial charge in [-0.05, 0) is 37.2 Å². The molecule has 1 aliphatic heterocycles. The van der Waals surface area contributed by atoms with Crippen LogP contribution in [-0.2, 0) is 9.59 Å². The Kier molecular flexibility index (Phi) is 5.38. The van der Waals surface area contributed by atoms with Crippen LogP contribution in [0.25, 0.3) is 6.08 Å². The van der Waals surface area contributed by atoms with Crippen molar-refractivity contribution in [3.05, 3.63) is 40.8 Å². The first kappa shape index (κ1) is 16.3. The Morgan fingerprint density at radius 3 is 2.41 bits per heavy atom. The number of imide groups is 1. The van der Waals surface area contributed by atoms with Crippen molar-refractivity contribution in [1.82, 2.24) is 9.80 Å². The number of benzene rings is 1. The van der Waals surface area contributed by atoms with Crippen LogP contribution in [0.3, 0.4) is 0 Å². The van der Waals surface area contributed by atoms with E-state index in [9.17, 15) is 14.4 Å². The van der Waals surface area contributed by atoms with E-state index in [0.717, 1.165) is 22.2 Å². The SMILES string of the molecule is CCN(CC)C(=O)CN1C(=O)SC(=Cc2ccccc2)C1=O. The van der Waals surface area contributed by atoms with Gasteiger partial charge in [0.1, 0.15) is 6.54 Å². The summed E-state index contributed by atoms with van der Waals surface area (Å²) in [6.45, 7) is 4.66. The summed E-state index contributed by atoms with van der Waals surface area (Å²) < 4.78 is 0. The summed E-state index contributed by atoms with van der Waals surface area (Å²) in [6.07, 6.45) is 1.67. The van der Waals surface area contributed by atoms with E-state index in [1.807, 2.05) is 44.2 Å². The molecular formula is C16H18N2O3S. The predicted molar refractivity (Wildman–Crippen MR) is 87.0 cm³/mol. The van der Waals surface area contributed by atoms with E-state index in [1.165, 1.54) is 0 Å². The van der Waals surface area contributed by atoms with Crippen molar-refractivity contribution >= 4 is 34.9 Å². The third-order valence-corrected chi connectivity index (χ3v) is 4.29. The molecule has 116 valence electrons. The highest BCUT2D eigenvalue weighted by atomic mass is 32.2. The van der Waals surface area contributed by atoms with Gasteiger partial charge in [-0.25, -0.2) is 0 Å². The fourth-order valence-corrected chi connectivity index (χ4v) is 2.99. The van der Waals surface area contributed by atoms with Crippen LogP contribution in [0, 0.1) is 0 Å². The van der Waals surface area contributed by atoms with Crippen LogP contribution in [-0.4, -0.2) is 46.5 Å². The maximum absolute atomic E-state index is 12.3. The Balaban J connectivity index is 2.12. The molecule has 0 aliphatic carbocycles. The molecule has 0 radical (unpaired) electrons. The molecule has 3 amide bonds. The Morgan fingerprint density at radius 2 is 1.82 bits per heavy atom. The molecule has 22 heavy (non-hydrogen) atoms. The van der Waals surface area contributed by atoms with Gasteiger partial charge in [-0.15, -0.1) is 0 Å². The largest absolute Gasteiger partial charge is 0.342 e. The quantitative estimate of drug-likeness (QED) is 0.783. The molecule has 5 nitrogen and oxygen atoms in total. The summed E-state index contributed by atoms with van der Waals surface area (Å²) in [6, 6.07) is 9.32. The van der Waals surface area contributed by atoms with Crippen molar-refractivity contribution < 1.29 is 14.4 Å². The molecule has 0 aromatic heterocycles. The average molecular weight is 318 g/mol. The highest BCUT2D eigenvalue weighted by molar-refractivity contribution is 8.18. The first-order chi connectivity index (χ1) is 10.6. The fourth-order valence-electron chi connectivity index (χ4n) is 2.15. The predicted octanol–water partition coefficient (Wildman–Crippen LogP) is 2.59. The van der Waals surface area contributed by atoms with Crippen LogP contribution in [0.1, 0.15) is 19.4 Å². The Morgan fingerprint density at radius 1 is 1.18 bits per heavy atom. The topological polar surface area (TPSA) is 57.7 Å². The lowest BCUT2D eigenvalue weighted by molar-refractivity contribution is -0.135. The lowest BCUT2D eigenvalue weighted by Crippen LogP contribution is -2.41. The molecule has 0 N–H and O–H groups in total. The summed E-state index contributed by atoms with van der Waals surface area (Å²) in [5.74, 6) is -0.618. The van der Waals surface area contributed by atoms with Crippen LogP contribution in [0.2, 0.25) is 0 Å². The molecule has 1 aliphatic rings. The molecular weight excluding hydrogens is 300 g/mol. The molecule has 6 heteroatoms. The van der Waals surface area contributed by atoms with E-state index in [-0.39, 0.29) is 12.5 Å². The monoisotopic (exact) mass is 318 g/mol. The van der Waals surface area contributed by atoms with Gasteiger partial charge in [-0.2, -0.15) is 0 Å². The zero-order chi connectivity index (χ0) is 16.1. The number of thioether (sulfide) groups is 1. The molecule has 0 spiro atoms. The highest BCUT2D eigenvalue weighted by Gasteiger charge is 2.36. The van der Waals surface area contributed by atoms with Gasteiger partial charge in [0.2, 0.25) is 5.91 Å². The summed E-state index contributed by atoms with van der Waals surface area (Å²) >= 11 is 0.873. The van der Waals surface area contributed by atoms with E-state index < -0.39 is 11.1 Å². The lowest BCUT2D eigenvalue weighted by atomic mass is 10.2. The molecule has 0 saturated carbocycles. The fraction of sp³-hybridized carbons (Fsp3) is 0.312. The minimum atomic E-state index is -0.403. The number of amides is 3. The van der Waals surface area contributed by atoms with Gasteiger partial charge in [-0.1, -0.05) is 30.3 Å². The zero-order valence-electron chi connectivity index (χ0n) is 12.6. The van der Waals surface area contributed by atoms with E-state index in [1.54, 1.807) is 11.0 Å². The number of hydrogen-bond donors (Lipinski definition) is 0. The van der Waals surface area contributed by atoms with Crippen molar-refractivity contribution in [2.75, 3.05) is 19.6 Å². The molecule has 1 aromatic rings. The Bertz CT molecular complexity index is 609. The molecule has 1 heterocycles. The van der Waals surface area contributed by atoms with E-state index >= 15 is 0 Å². The molecule has 0 unspecified atom stereocenters. The average Bonchev–Trinajstić information content (AvgIpc) is 2.77. The Labute approximate surface area is 134 Å². The van der Waals surface area contributed by atoms with Gasteiger partial charge in [-0.3, -0.25) is 19.3 Å². The normalized spacial score (nSPS) is 16.5. The number of rotatable bonds is 5. The van der Waals surface area contributed by atoms with Gasteiger partial charge < -0.3 is 4.90 Å². The summed E-state index contributed by atoms with van der Waals surface area (Å²) in [5, 5.41) is -0.396. The van der Waals surface area contributed by atoms with Gasteiger partial charge in [0, 0.05) is 13.1 Å². The van der Waals surface area contributed by atoms with E-state index in [0.29, 0.717) is 18.0 Å². The van der Waals surface area contributed by atoms with Crippen LogP contribution in [0.4, 0.5) is 4.79 Å². The van der Waals surface area contributed by atoms with E-state index in [2.05, 4.69) is 0 Å². The standard InChI is InChI=1S/C16H18N2O3S/c1-3-17(4-2)14(19)11-18-15(20)13(22-16(18)21)10-12-8-6-5-7-9-12/h5-10H,3-4,11H2,1-2H3. The smallest absolute Gasteiger partial charge is 0.294 e. The van der Waals surface area contributed by atoms with Crippen molar-refractivity contribution in [2.45, 2.75) is 13.8 Å². The van der Waals surface area contributed by atoms with Crippen LogP contribution >= 0.6 is 11.8 Å². The van der Waals surface area contributed by atoms with E-state index in [4.69, 9.17) is 0 Å². The number of nitrogens with zero attached hydrogens (tertiary/aromatic N) is 2. The second-order valence-corrected chi connectivity index (χ2v) is 5.74. The minimum Gasteiger partial charge on any atom is -0.342 e. The summed E-state index contributed by atoms with van der Waals surface area (Å²) in [4.78, 5) is 39.3. The zero-order valence-corrected chi connectivity index (χ0v) is 13.4. The van der Waals surface area contributed by atoms with Crippen molar-refractivity contribution in [2.24, 2.45) is 0 Å². The molecule has 1 fully saturated rings. The van der Waals surface area contributed by atoms with Gasteiger partial charge in [0.15, 0.2) is 0 Å². The van der Waals surface area contributed by atoms with Crippen LogP contribution < -0.4 is 0 Å². The summed E-state index contributed by atoms with van der Waals surface area (Å²) in [5.41, 5.74) is 0.850.